The van der Waals surface area contributed by atoms with Crippen molar-refractivity contribution < 1.29 is 9.18 Å². The van der Waals surface area contributed by atoms with Crippen LogP contribution < -0.4 is 5.32 Å². The van der Waals surface area contributed by atoms with Crippen LogP contribution in [0.4, 0.5) is 14.9 Å². The Morgan fingerprint density at radius 3 is 2.58 bits per heavy atom. The minimum Gasteiger partial charge on any atom is -0.308 e. The fraction of sp³-hybridized carbons (Fsp3) is 0.161. The second-order valence-corrected chi connectivity index (χ2v) is 9.46. The van der Waals surface area contributed by atoms with Crippen LogP contribution in [0, 0.1) is 12.7 Å². The summed E-state index contributed by atoms with van der Waals surface area (Å²) < 4.78 is 18.5. The topological polar surface area (TPSA) is 55.1 Å². The zero-order valence-electron chi connectivity index (χ0n) is 21.3. The third kappa shape index (κ3) is 4.06. The molecule has 0 saturated heterocycles. The van der Waals surface area contributed by atoms with Crippen molar-refractivity contribution in [3.63, 3.8) is 0 Å². The summed E-state index contributed by atoms with van der Waals surface area (Å²) in [5.41, 5.74) is 6.06. The summed E-state index contributed by atoms with van der Waals surface area (Å²) in [4.78, 5) is 15.9. The molecule has 1 aliphatic rings. The summed E-state index contributed by atoms with van der Waals surface area (Å²) in [6.45, 7) is 4.33. The lowest BCUT2D eigenvalue weighted by atomic mass is 10.0. The molecule has 1 aliphatic heterocycles. The quantitative estimate of drug-likeness (QED) is 0.292. The normalized spacial score (nSPS) is 14.5. The number of carbonyl (C=O) groups excluding carboxylic acids is 1. The number of aromatic nitrogens is 3. The van der Waals surface area contributed by atoms with E-state index in [2.05, 4.69) is 16.8 Å². The standard InChI is InChI=1S/C31H28FN5O/c1-3-22-11-7-8-16-27(22)33-31(38)36-20-26-21(2)34-37(25-14-5-4-6-15-25)30(26)35-18-10-17-28(35)29(36)23-12-9-13-24(32)19-23/h4-19,29H,3,20H2,1-2H3,(H,33,38)/t29-/m1/s1. The number of aryl methyl sites for hydroxylation is 2. The van der Waals surface area contributed by atoms with Crippen molar-refractivity contribution in [3.8, 4) is 11.5 Å². The van der Waals surface area contributed by atoms with Crippen LogP contribution in [0.15, 0.2) is 97.2 Å². The third-order valence-corrected chi connectivity index (χ3v) is 7.15. The van der Waals surface area contributed by atoms with Crippen LogP contribution >= 0.6 is 0 Å². The summed E-state index contributed by atoms with van der Waals surface area (Å²) >= 11 is 0. The van der Waals surface area contributed by atoms with E-state index in [9.17, 15) is 9.18 Å². The van der Waals surface area contributed by atoms with Crippen LogP contribution in [0.2, 0.25) is 0 Å². The first-order valence-electron chi connectivity index (χ1n) is 12.8. The van der Waals surface area contributed by atoms with Crippen molar-refractivity contribution in [2.45, 2.75) is 32.9 Å². The average Bonchev–Trinajstić information content (AvgIpc) is 3.49. The van der Waals surface area contributed by atoms with Gasteiger partial charge in [0.1, 0.15) is 11.6 Å². The van der Waals surface area contributed by atoms with E-state index in [0.717, 1.165) is 46.1 Å². The number of rotatable bonds is 4. The van der Waals surface area contributed by atoms with Gasteiger partial charge in [0.15, 0.2) is 0 Å². The first-order chi connectivity index (χ1) is 18.5. The summed E-state index contributed by atoms with van der Waals surface area (Å²) in [6, 6.07) is 27.4. The Balaban J connectivity index is 1.54. The second kappa shape index (κ2) is 9.67. The number of urea groups is 1. The summed E-state index contributed by atoms with van der Waals surface area (Å²) in [6.07, 6.45) is 2.77. The molecular formula is C31H28FN5O. The SMILES string of the molecule is CCc1ccccc1NC(=O)N1Cc2c(C)nn(-c3ccccc3)c2-n2cccc2[C@H]1c1cccc(F)c1. The highest BCUT2D eigenvalue weighted by molar-refractivity contribution is 5.91. The molecule has 38 heavy (non-hydrogen) atoms. The maximum atomic E-state index is 14.5. The minimum absolute atomic E-state index is 0.257. The highest BCUT2D eigenvalue weighted by Gasteiger charge is 2.36. The lowest BCUT2D eigenvalue weighted by Gasteiger charge is -2.31. The van der Waals surface area contributed by atoms with Gasteiger partial charge in [-0.15, -0.1) is 0 Å². The van der Waals surface area contributed by atoms with Crippen molar-refractivity contribution in [1.82, 2.24) is 19.2 Å². The Hall–Kier alpha value is -4.65. The molecule has 2 amide bonds. The van der Waals surface area contributed by atoms with Crippen molar-refractivity contribution in [2.75, 3.05) is 5.32 Å². The molecule has 3 aromatic carbocycles. The number of hydrogen-bond donors (Lipinski definition) is 1. The molecule has 6 nitrogen and oxygen atoms in total. The van der Waals surface area contributed by atoms with Crippen molar-refractivity contribution >= 4 is 11.7 Å². The van der Waals surface area contributed by atoms with E-state index in [1.807, 2.05) is 90.6 Å². The van der Waals surface area contributed by atoms with Gasteiger partial charge < -0.3 is 14.8 Å². The second-order valence-electron chi connectivity index (χ2n) is 9.46. The molecule has 2 aromatic heterocycles. The van der Waals surface area contributed by atoms with Crippen LogP contribution in [0.25, 0.3) is 11.5 Å². The van der Waals surface area contributed by atoms with Gasteiger partial charge >= 0.3 is 6.03 Å². The Kier molecular flexibility index (Phi) is 6.04. The number of amides is 2. The third-order valence-electron chi connectivity index (χ3n) is 7.15. The van der Waals surface area contributed by atoms with Gasteiger partial charge in [-0.1, -0.05) is 55.5 Å². The van der Waals surface area contributed by atoms with E-state index in [0.29, 0.717) is 12.1 Å². The van der Waals surface area contributed by atoms with Crippen LogP contribution in [0.5, 0.6) is 0 Å². The number of halogens is 1. The monoisotopic (exact) mass is 505 g/mol. The Morgan fingerprint density at radius 1 is 1.00 bits per heavy atom. The van der Waals surface area contributed by atoms with Gasteiger partial charge in [-0.05, 0) is 66.9 Å². The molecule has 0 saturated carbocycles. The van der Waals surface area contributed by atoms with Crippen molar-refractivity contribution in [1.29, 1.82) is 0 Å². The van der Waals surface area contributed by atoms with E-state index in [-0.39, 0.29) is 11.8 Å². The van der Waals surface area contributed by atoms with Crippen LogP contribution in [-0.4, -0.2) is 25.3 Å². The fourth-order valence-corrected chi connectivity index (χ4v) is 5.31. The van der Waals surface area contributed by atoms with Crippen LogP contribution in [0.1, 0.15) is 41.0 Å². The van der Waals surface area contributed by atoms with Crippen molar-refractivity contribution in [3.05, 3.63) is 131 Å². The lowest BCUT2D eigenvalue weighted by Crippen LogP contribution is -2.38. The van der Waals surface area contributed by atoms with Gasteiger partial charge in [-0.3, -0.25) is 0 Å². The highest BCUT2D eigenvalue weighted by atomic mass is 19.1. The fourth-order valence-electron chi connectivity index (χ4n) is 5.31. The summed E-state index contributed by atoms with van der Waals surface area (Å²) in [7, 11) is 0. The first-order valence-corrected chi connectivity index (χ1v) is 12.8. The molecule has 1 N–H and O–H groups in total. The number of anilines is 1. The molecule has 0 aliphatic carbocycles. The number of hydrogen-bond acceptors (Lipinski definition) is 2. The average molecular weight is 506 g/mol. The summed E-state index contributed by atoms with van der Waals surface area (Å²) in [5.74, 6) is 0.532. The molecule has 1 atom stereocenters. The van der Waals surface area contributed by atoms with Gasteiger partial charge in [-0.25, -0.2) is 13.9 Å². The van der Waals surface area contributed by atoms with Crippen molar-refractivity contribution in [2.24, 2.45) is 0 Å². The van der Waals surface area contributed by atoms with Crippen LogP contribution in [-0.2, 0) is 13.0 Å². The van der Waals surface area contributed by atoms with Gasteiger partial charge in [0.05, 0.1) is 29.7 Å². The number of para-hydroxylation sites is 2. The number of fused-ring (bicyclic) bond motifs is 3. The number of benzene rings is 3. The molecule has 0 bridgehead atoms. The van der Waals surface area contributed by atoms with Gasteiger partial charge in [0, 0.05) is 17.4 Å². The smallest absolute Gasteiger partial charge is 0.308 e. The molecule has 190 valence electrons. The van der Waals surface area contributed by atoms with Gasteiger partial charge in [0.2, 0.25) is 0 Å². The lowest BCUT2D eigenvalue weighted by molar-refractivity contribution is 0.194. The molecule has 0 unspecified atom stereocenters. The molecule has 7 heteroatoms. The number of carbonyl (C=O) groups is 1. The molecule has 5 aromatic rings. The Bertz CT molecular complexity index is 1620. The highest BCUT2D eigenvalue weighted by Crippen LogP contribution is 2.39. The van der Waals surface area contributed by atoms with E-state index in [1.54, 1.807) is 11.0 Å². The molecular weight excluding hydrogens is 477 g/mol. The van der Waals surface area contributed by atoms with E-state index in [1.165, 1.54) is 12.1 Å². The molecule has 3 heterocycles. The first kappa shape index (κ1) is 23.7. The summed E-state index contributed by atoms with van der Waals surface area (Å²) in [5, 5.41) is 8.02. The Morgan fingerprint density at radius 2 is 1.79 bits per heavy atom. The molecule has 0 spiro atoms. The van der Waals surface area contributed by atoms with Gasteiger partial charge in [0.25, 0.3) is 0 Å². The van der Waals surface area contributed by atoms with E-state index >= 15 is 0 Å². The number of nitrogens with one attached hydrogen (secondary N) is 1. The maximum absolute atomic E-state index is 14.5. The number of nitrogens with zero attached hydrogens (tertiary/aromatic N) is 4. The minimum atomic E-state index is -0.523. The van der Waals surface area contributed by atoms with E-state index in [4.69, 9.17) is 5.10 Å². The zero-order valence-corrected chi connectivity index (χ0v) is 21.3. The molecule has 0 radical (unpaired) electrons. The predicted molar refractivity (Wildman–Crippen MR) is 146 cm³/mol. The largest absolute Gasteiger partial charge is 0.322 e. The maximum Gasteiger partial charge on any atom is 0.322 e. The Labute approximate surface area is 221 Å². The molecule has 6 rings (SSSR count). The van der Waals surface area contributed by atoms with Gasteiger partial charge in [-0.2, -0.15) is 5.10 Å². The molecule has 0 fully saturated rings. The predicted octanol–water partition coefficient (Wildman–Crippen LogP) is 6.81. The van der Waals surface area contributed by atoms with Crippen LogP contribution in [0.3, 0.4) is 0 Å². The zero-order chi connectivity index (χ0) is 26.2. The van der Waals surface area contributed by atoms with E-state index < -0.39 is 6.04 Å².